The van der Waals surface area contributed by atoms with E-state index in [0.717, 1.165) is 16.9 Å². The fourth-order valence-electron chi connectivity index (χ4n) is 2.50. The summed E-state index contributed by atoms with van der Waals surface area (Å²) in [6.07, 6.45) is 0. The highest BCUT2D eigenvalue weighted by Gasteiger charge is 2.18. The van der Waals surface area contributed by atoms with Gasteiger partial charge in [0.2, 0.25) is 5.91 Å². The number of hydrogen-bond acceptors (Lipinski definition) is 3. The first-order valence-corrected chi connectivity index (χ1v) is 9.40. The molecule has 1 amide bonds. The van der Waals surface area contributed by atoms with Crippen LogP contribution in [0.3, 0.4) is 0 Å². The Balaban J connectivity index is 1.87. The van der Waals surface area contributed by atoms with Gasteiger partial charge in [0.15, 0.2) is 0 Å². The molecule has 0 fully saturated rings. The molecule has 0 aliphatic rings. The summed E-state index contributed by atoms with van der Waals surface area (Å²) < 4.78 is 18.1. The molecule has 0 aromatic heterocycles. The second-order valence-corrected chi connectivity index (χ2v) is 7.17. The summed E-state index contributed by atoms with van der Waals surface area (Å²) in [6, 6.07) is 14.1. The zero-order valence-electron chi connectivity index (χ0n) is 14.8. The molecule has 2 aromatic carbocycles. The van der Waals surface area contributed by atoms with E-state index >= 15 is 0 Å². The van der Waals surface area contributed by atoms with Crippen LogP contribution in [0.1, 0.15) is 31.0 Å². The van der Waals surface area contributed by atoms with Gasteiger partial charge in [0, 0.05) is 5.75 Å². The number of halogens is 1. The Morgan fingerprint density at radius 3 is 2.32 bits per heavy atom. The third kappa shape index (κ3) is 6.09. The van der Waals surface area contributed by atoms with E-state index in [0.29, 0.717) is 11.5 Å². The molecule has 0 spiro atoms. The lowest BCUT2D eigenvalue weighted by Gasteiger charge is -2.23. The summed E-state index contributed by atoms with van der Waals surface area (Å²) in [6.45, 7) is 4.17. The van der Waals surface area contributed by atoms with Crippen molar-refractivity contribution in [2.75, 3.05) is 12.9 Å². The summed E-state index contributed by atoms with van der Waals surface area (Å²) in [5, 5.41) is 3.11. The molecule has 0 radical (unpaired) electrons. The number of carbonyl (C=O) groups is 1. The van der Waals surface area contributed by atoms with Crippen LogP contribution in [-0.2, 0) is 10.5 Å². The standard InChI is InChI=1S/C20H24FNO2S/c1-14(2)20(16-6-10-18(24-3)11-7-16)22-19(23)13-25-12-15-4-8-17(21)9-5-15/h4-11,14,20H,12-13H2,1-3H3,(H,22,23). The predicted octanol–water partition coefficient (Wildman–Crippen LogP) is 4.58. The summed E-state index contributed by atoms with van der Waals surface area (Å²) in [5.41, 5.74) is 2.07. The van der Waals surface area contributed by atoms with E-state index in [9.17, 15) is 9.18 Å². The number of thioether (sulfide) groups is 1. The Morgan fingerprint density at radius 2 is 1.76 bits per heavy atom. The lowest BCUT2D eigenvalue weighted by Crippen LogP contribution is -2.33. The van der Waals surface area contributed by atoms with Gasteiger partial charge in [-0.15, -0.1) is 11.8 Å². The van der Waals surface area contributed by atoms with Gasteiger partial charge in [-0.25, -0.2) is 4.39 Å². The van der Waals surface area contributed by atoms with E-state index < -0.39 is 0 Å². The monoisotopic (exact) mass is 361 g/mol. The SMILES string of the molecule is COc1ccc(C(NC(=O)CSCc2ccc(F)cc2)C(C)C)cc1. The van der Waals surface area contributed by atoms with Crippen molar-refractivity contribution in [1.29, 1.82) is 0 Å². The van der Waals surface area contributed by atoms with Crippen LogP contribution >= 0.6 is 11.8 Å². The molecule has 25 heavy (non-hydrogen) atoms. The van der Waals surface area contributed by atoms with E-state index in [4.69, 9.17) is 4.74 Å². The van der Waals surface area contributed by atoms with Gasteiger partial charge in [-0.2, -0.15) is 0 Å². The van der Waals surface area contributed by atoms with Crippen LogP contribution in [0.15, 0.2) is 48.5 Å². The normalized spacial score (nSPS) is 12.0. The maximum Gasteiger partial charge on any atom is 0.230 e. The van der Waals surface area contributed by atoms with Gasteiger partial charge >= 0.3 is 0 Å². The van der Waals surface area contributed by atoms with E-state index in [1.54, 1.807) is 19.2 Å². The zero-order chi connectivity index (χ0) is 18.2. The molecule has 0 aliphatic carbocycles. The van der Waals surface area contributed by atoms with Gasteiger partial charge in [-0.1, -0.05) is 38.1 Å². The zero-order valence-corrected chi connectivity index (χ0v) is 15.6. The van der Waals surface area contributed by atoms with Crippen LogP contribution in [0.4, 0.5) is 4.39 Å². The summed E-state index contributed by atoms with van der Waals surface area (Å²) in [7, 11) is 1.63. The van der Waals surface area contributed by atoms with Crippen LogP contribution < -0.4 is 10.1 Å². The topological polar surface area (TPSA) is 38.3 Å². The number of nitrogens with one attached hydrogen (secondary N) is 1. The molecule has 2 rings (SSSR count). The molecule has 0 saturated heterocycles. The molecular formula is C20H24FNO2S. The number of ether oxygens (including phenoxy) is 1. The van der Waals surface area contributed by atoms with Gasteiger partial charge in [-0.3, -0.25) is 4.79 Å². The molecule has 0 saturated carbocycles. The maximum atomic E-state index is 12.9. The molecule has 0 bridgehead atoms. The lowest BCUT2D eigenvalue weighted by molar-refractivity contribution is -0.119. The number of amides is 1. The highest BCUT2D eigenvalue weighted by molar-refractivity contribution is 7.99. The van der Waals surface area contributed by atoms with Crippen LogP contribution in [-0.4, -0.2) is 18.8 Å². The first-order valence-electron chi connectivity index (χ1n) is 8.25. The number of hydrogen-bond donors (Lipinski definition) is 1. The molecule has 1 atom stereocenters. The van der Waals surface area contributed by atoms with Gasteiger partial charge in [-0.05, 0) is 41.3 Å². The minimum absolute atomic E-state index is 0.00151. The molecule has 2 aromatic rings. The van der Waals surface area contributed by atoms with Gasteiger partial charge in [0.25, 0.3) is 0 Å². The second kappa shape index (κ2) is 9.47. The molecule has 5 heteroatoms. The highest BCUT2D eigenvalue weighted by atomic mass is 32.2. The predicted molar refractivity (Wildman–Crippen MR) is 101 cm³/mol. The average molecular weight is 361 g/mol. The van der Waals surface area contributed by atoms with Gasteiger partial charge in [0.1, 0.15) is 11.6 Å². The first kappa shape index (κ1) is 19.3. The Kier molecular flexibility index (Phi) is 7.31. The number of benzene rings is 2. The fourth-order valence-corrected chi connectivity index (χ4v) is 3.30. The largest absolute Gasteiger partial charge is 0.497 e. The summed E-state index contributed by atoms with van der Waals surface area (Å²) >= 11 is 1.52. The molecule has 0 heterocycles. The second-order valence-electron chi connectivity index (χ2n) is 6.18. The van der Waals surface area contributed by atoms with Crippen molar-refractivity contribution in [1.82, 2.24) is 5.32 Å². The third-order valence-corrected chi connectivity index (χ3v) is 4.88. The smallest absolute Gasteiger partial charge is 0.230 e. The molecule has 3 nitrogen and oxygen atoms in total. The van der Waals surface area contributed by atoms with Gasteiger partial charge in [0.05, 0.1) is 18.9 Å². The van der Waals surface area contributed by atoms with Crippen molar-refractivity contribution in [2.45, 2.75) is 25.6 Å². The van der Waals surface area contributed by atoms with Crippen LogP contribution in [0.2, 0.25) is 0 Å². The maximum absolute atomic E-state index is 12.9. The Labute approximate surface area is 153 Å². The van der Waals surface area contributed by atoms with Crippen molar-refractivity contribution in [3.63, 3.8) is 0 Å². The Morgan fingerprint density at radius 1 is 1.12 bits per heavy atom. The molecular weight excluding hydrogens is 337 g/mol. The molecule has 0 aliphatic heterocycles. The molecule has 1 unspecified atom stereocenters. The Bertz CT molecular complexity index is 671. The average Bonchev–Trinajstić information content (AvgIpc) is 2.61. The van der Waals surface area contributed by atoms with E-state index in [1.165, 1.54) is 23.9 Å². The van der Waals surface area contributed by atoms with Crippen LogP contribution in [0, 0.1) is 11.7 Å². The van der Waals surface area contributed by atoms with E-state index in [-0.39, 0.29) is 23.7 Å². The summed E-state index contributed by atoms with van der Waals surface area (Å²) in [5.74, 6) is 1.89. The number of rotatable bonds is 8. The minimum atomic E-state index is -0.245. The first-order chi connectivity index (χ1) is 12.0. The van der Waals surface area contributed by atoms with E-state index in [1.807, 2.05) is 24.3 Å². The quantitative estimate of drug-likeness (QED) is 0.748. The van der Waals surface area contributed by atoms with Crippen molar-refractivity contribution < 1.29 is 13.9 Å². The van der Waals surface area contributed by atoms with E-state index in [2.05, 4.69) is 19.2 Å². The van der Waals surface area contributed by atoms with Crippen molar-refractivity contribution in [3.05, 3.63) is 65.5 Å². The third-order valence-electron chi connectivity index (χ3n) is 3.87. The number of methoxy groups -OCH3 is 1. The fraction of sp³-hybridized carbons (Fsp3) is 0.350. The van der Waals surface area contributed by atoms with Gasteiger partial charge < -0.3 is 10.1 Å². The highest BCUT2D eigenvalue weighted by Crippen LogP contribution is 2.24. The van der Waals surface area contributed by atoms with Crippen molar-refractivity contribution >= 4 is 17.7 Å². The van der Waals surface area contributed by atoms with Crippen LogP contribution in [0.5, 0.6) is 5.75 Å². The van der Waals surface area contributed by atoms with Crippen molar-refractivity contribution in [2.24, 2.45) is 5.92 Å². The molecule has 134 valence electrons. The number of carbonyl (C=O) groups excluding carboxylic acids is 1. The minimum Gasteiger partial charge on any atom is -0.497 e. The van der Waals surface area contributed by atoms with Crippen molar-refractivity contribution in [3.8, 4) is 5.75 Å². The Hall–Kier alpha value is -2.01. The molecule has 1 N–H and O–H groups in total. The lowest BCUT2D eigenvalue weighted by atomic mass is 9.96. The van der Waals surface area contributed by atoms with Crippen LogP contribution in [0.25, 0.3) is 0 Å². The summed E-state index contributed by atoms with van der Waals surface area (Å²) in [4.78, 5) is 12.3.